The second kappa shape index (κ2) is 9.11. The fraction of sp³-hybridized carbons (Fsp3) is 0.296. The van der Waals surface area contributed by atoms with Crippen LogP contribution >= 0.6 is 11.6 Å². The average molecular weight is 474 g/mol. The first-order chi connectivity index (χ1) is 16.4. The van der Waals surface area contributed by atoms with Gasteiger partial charge in [0.15, 0.2) is 5.65 Å². The summed E-state index contributed by atoms with van der Waals surface area (Å²) in [7, 11) is 0. The Morgan fingerprint density at radius 2 is 1.71 bits per heavy atom. The molecule has 1 N–H and O–H groups in total. The van der Waals surface area contributed by atoms with Crippen LogP contribution in [0.25, 0.3) is 16.9 Å². The quantitative estimate of drug-likeness (QED) is 0.405. The summed E-state index contributed by atoms with van der Waals surface area (Å²) in [6, 6.07) is 18.0. The molecule has 0 aliphatic carbocycles. The molecule has 3 heterocycles. The lowest BCUT2D eigenvalue weighted by Gasteiger charge is -2.33. The van der Waals surface area contributed by atoms with E-state index < -0.39 is 0 Å². The van der Waals surface area contributed by atoms with Gasteiger partial charge in [-0.15, -0.1) is 0 Å². The third kappa shape index (κ3) is 4.50. The Hall–Kier alpha value is -3.38. The van der Waals surface area contributed by atoms with Crippen LogP contribution < -0.4 is 10.2 Å². The number of para-hydroxylation sites is 1. The lowest BCUT2D eigenvalue weighted by Crippen LogP contribution is -2.39. The van der Waals surface area contributed by atoms with Crippen LogP contribution in [0.2, 0.25) is 5.02 Å². The minimum Gasteiger partial charge on any atom is -0.356 e. The van der Waals surface area contributed by atoms with Gasteiger partial charge in [-0.3, -0.25) is 4.79 Å². The molecule has 0 unspecified atom stereocenters. The molecule has 0 radical (unpaired) electrons. The maximum Gasteiger partial charge on any atom is 0.227 e. The van der Waals surface area contributed by atoms with E-state index in [9.17, 15) is 4.79 Å². The van der Waals surface area contributed by atoms with Gasteiger partial charge in [0.2, 0.25) is 5.91 Å². The maximum atomic E-state index is 12.8. The number of rotatable bonds is 4. The Kier molecular flexibility index (Phi) is 6.00. The number of aromatic nitrogens is 3. The van der Waals surface area contributed by atoms with E-state index in [1.807, 2.05) is 29.6 Å². The normalized spacial score (nSPS) is 14.5. The van der Waals surface area contributed by atoms with Crippen molar-refractivity contribution in [3.63, 3.8) is 0 Å². The molecule has 2 aromatic heterocycles. The average Bonchev–Trinajstić information content (AvgIpc) is 3.23. The van der Waals surface area contributed by atoms with Gasteiger partial charge in [0.05, 0.1) is 16.4 Å². The molecule has 0 saturated carbocycles. The Labute approximate surface area is 204 Å². The number of carbonyl (C=O) groups is 1. The minimum absolute atomic E-state index is 0.0278. The number of halogens is 1. The molecule has 0 atom stereocenters. The summed E-state index contributed by atoms with van der Waals surface area (Å²) in [6.45, 7) is 7.77. The van der Waals surface area contributed by atoms with Gasteiger partial charge in [0.1, 0.15) is 5.82 Å². The molecule has 34 heavy (non-hydrogen) atoms. The van der Waals surface area contributed by atoms with Crippen LogP contribution in [-0.4, -0.2) is 33.6 Å². The molecule has 6 nitrogen and oxygen atoms in total. The summed E-state index contributed by atoms with van der Waals surface area (Å²) in [4.78, 5) is 19.9. The van der Waals surface area contributed by atoms with Crippen LogP contribution in [0.1, 0.15) is 29.7 Å². The molecule has 7 heteroatoms. The third-order valence-electron chi connectivity index (χ3n) is 6.38. The van der Waals surface area contributed by atoms with Crippen molar-refractivity contribution in [2.75, 3.05) is 23.3 Å². The van der Waals surface area contributed by atoms with Gasteiger partial charge < -0.3 is 10.2 Å². The van der Waals surface area contributed by atoms with Gasteiger partial charge in [-0.2, -0.15) is 9.61 Å². The monoisotopic (exact) mass is 473 g/mol. The van der Waals surface area contributed by atoms with Crippen molar-refractivity contribution in [2.45, 2.75) is 33.6 Å². The van der Waals surface area contributed by atoms with Crippen LogP contribution in [0.4, 0.5) is 11.5 Å². The van der Waals surface area contributed by atoms with Crippen molar-refractivity contribution in [1.29, 1.82) is 0 Å². The van der Waals surface area contributed by atoms with E-state index in [0.29, 0.717) is 10.7 Å². The third-order valence-corrected chi connectivity index (χ3v) is 6.70. The summed E-state index contributed by atoms with van der Waals surface area (Å²) in [5.41, 5.74) is 6.90. The lowest BCUT2D eigenvalue weighted by molar-refractivity contribution is -0.120. The molecule has 2 aromatic carbocycles. The number of amides is 1. The van der Waals surface area contributed by atoms with Gasteiger partial charge in [0.25, 0.3) is 0 Å². The number of benzene rings is 2. The maximum absolute atomic E-state index is 12.8. The highest BCUT2D eigenvalue weighted by molar-refractivity contribution is 6.33. The second-order valence-electron chi connectivity index (χ2n) is 9.16. The number of piperidine rings is 1. The number of hydrogen-bond donors (Lipinski definition) is 1. The predicted octanol–water partition coefficient (Wildman–Crippen LogP) is 5.83. The molecule has 1 fully saturated rings. The number of nitrogens with zero attached hydrogens (tertiary/aromatic N) is 4. The van der Waals surface area contributed by atoms with Crippen molar-refractivity contribution < 1.29 is 4.79 Å². The van der Waals surface area contributed by atoms with Gasteiger partial charge in [-0.1, -0.05) is 40.9 Å². The molecule has 174 valence electrons. The van der Waals surface area contributed by atoms with E-state index in [0.717, 1.165) is 54.3 Å². The van der Waals surface area contributed by atoms with Crippen molar-refractivity contribution in [3.8, 4) is 11.3 Å². The number of nitrogens with one attached hydrogen (secondary N) is 1. The molecule has 0 spiro atoms. The summed E-state index contributed by atoms with van der Waals surface area (Å²) in [5, 5.41) is 8.46. The van der Waals surface area contributed by atoms with E-state index in [1.165, 1.54) is 11.1 Å². The summed E-state index contributed by atoms with van der Waals surface area (Å²) >= 11 is 6.21. The predicted molar refractivity (Wildman–Crippen MR) is 138 cm³/mol. The van der Waals surface area contributed by atoms with Crippen molar-refractivity contribution in [2.24, 2.45) is 5.92 Å². The summed E-state index contributed by atoms with van der Waals surface area (Å²) < 4.78 is 1.93. The molecule has 1 amide bonds. The number of carbonyl (C=O) groups excluding carboxylic acids is 1. The first-order valence-electron chi connectivity index (χ1n) is 11.6. The lowest BCUT2D eigenvalue weighted by atomic mass is 9.95. The Morgan fingerprint density at radius 3 is 2.41 bits per heavy atom. The largest absolute Gasteiger partial charge is 0.356 e. The van der Waals surface area contributed by atoms with Crippen molar-refractivity contribution in [1.82, 2.24) is 14.6 Å². The molecular weight excluding hydrogens is 446 g/mol. The van der Waals surface area contributed by atoms with E-state index in [1.54, 1.807) is 6.07 Å². The van der Waals surface area contributed by atoms with Crippen LogP contribution in [-0.2, 0) is 4.79 Å². The summed E-state index contributed by atoms with van der Waals surface area (Å²) in [6.07, 6.45) is 1.54. The molecule has 0 bridgehead atoms. The van der Waals surface area contributed by atoms with Crippen LogP contribution in [0, 0.1) is 26.7 Å². The number of aryl methyl sites for hydroxylation is 3. The van der Waals surface area contributed by atoms with E-state index in [4.69, 9.17) is 21.7 Å². The van der Waals surface area contributed by atoms with Gasteiger partial charge in [0, 0.05) is 42.4 Å². The molecular formula is C27H28ClN5O. The number of hydrogen-bond acceptors (Lipinski definition) is 4. The first kappa shape index (κ1) is 22.4. The highest BCUT2D eigenvalue weighted by Crippen LogP contribution is 2.29. The zero-order chi connectivity index (χ0) is 23.8. The molecule has 5 rings (SSSR count). The van der Waals surface area contributed by atoms with Gasteiger partial charge >= 0.3 is 0 Å². The van der Waals surface area contributed by atoms with Crippen LogP contribution in [0.5, 0.6) is 0 Å². The van der Waals surface area contributed by atoms with Crippen molar-refractivity contribution >= 4 is 34.7 Å². The molecule has 1 aliphatic rings. The Bertz CT molecular complexity index is 1350. The Balaban J connectivity index is 1.36. The van der Waals surface area contributed by atoms with Crippen molar-refractivity contribution in [3.05, 3.63) is 76.4 Å². The highest BCUT2D eigenvalue weighted by Gasteiger charge is 2.27. The summed E-state index contributed by atoms with van der Waals surface area (Å²) in [5.74, 6) is 0.998. The topological polar surface area (TPSA) is 62.5 Å². The van der Waals surface area contributed by atoms with E-state index in [-0.39, 0.29) is 11.8 Å². The Morgan fingerprint density at radius 1 is 1.00 bits per heavy atom. The van der Waals surface area contributed by atoms with E-state index in [2.05, 4.69) is 54.4 Å². The zero-order valence-electron chi connectivity index (χ0n) is 19.7. The minimum atomic E-state index is -0.0469. The fourth-order valence-corrected chi connectivity index (χ4v) is 4.92. The smallest absolute Gasteiger partial charge is 0.227 e. The zero-order valence-corrected chi connectivity index (χ0v) is 20.4. The second-order valence-corrected chi connectivity index (χ2v) is 9.57. The van der Waals surface area contributed by atoms with E-state index >= 15 is 0 Å². The molecule has 1 aliphatic heterocycles. The SMILES string of the molecule is Cc1cc(C)cc(-c2cc3nc(C)cc(N4CCC(C(=O)Nc5ccccc5Cl)CC4)n3n2)c1. The van der Waals surface area contributed by atoms with Gasteiger partial charge in [-0.05, 0) is 57.9 Å². The molecule has 1 saturated heterocycles. The van der Waals surface area contributed by atoms with Gasteiger partial charge in [-0.25, -0.2) is 4.98 Å². The number of fused-ring (bicyclic) bond motifs is 1. The fourth-order valence-electron chi connectivity index (χ4n) is 4.74. The first-order valence-corrected chi connectivity index (χ1v) is 12.0. The highest BCUT2D eigenvalue weighted by atomic mass is 35.5. The standard InChI is InChI=1S/C27H28ClN5O/c1-17-12-18(2)14-21(13-17)24-16-25-29-19(3)15-26(33(25)31-24)32-10-8-20(9-11-32)27(34)30-23-7-5-4-6-22(23)28/h4-7,12-16,20H,8-11H2,1-3H3,(H,30,34). The van der Waals surface area contributed by atoms with Crippen LogP contribution in [0.3, 0.4) is 0 Å². The number of anilines is 2. The van der Waals surface area contributed by atoms with Crippen LogP contribution in [0.15, 0.2) is 54.6 Å². The molecule has 4 aromatic rings.